The van der Waals surface area contributed by atoms with E-state index in [4.69, 9.17) is 14.2 Å². The summed E-state index contributed by atoms with van der Waals surface area (Å²) in [5.41, 5.74) is 2.38. The van der Waals surface area contributed by atoms with Gasteiger partial charge in [-0.15, -0.1) is 0 Å². The van der Waals surface area contributed by atoms with Crippen molar-refractivity contribution in [2.45, 2.75) is 260 Å². The third kappa shape index (κ3) is 31.8. The minimum atomic E-state index is -0.272. The van der Waals surface area contributed by atoms with Gasteiger partial charge < -0.3 is 14.2 Å². The lowest BCUT2D eigenvalue weighted by Crippen LogP contribution is -2.27. The standard InChI is InChI=1S/C56H98O3/c1-7-9-11-13-15-17-19-21-23-27-35-49(3)45-51(5)37-33-43-55(57-47-53-39-29-25-30-40-53)59-56(58-48-54-41-31-26-32-42-54)44-34-38-52(6)46-50(4)36-28-24-22-20-18-16-14-12-10-8-2/h25-26,29-32,39-42,49-52,55-56H,7-24,27-28,33-38,43-48H2,1-6H3. The highest BCUT2D eigenvalue weighted by Gasteiger charge is 2.20. The van der Waals surface area contributed by atoms with Gasteiger partial charge in [-0.05, 0) is 73.3 Å². The molecule has 0 aromatic heterocycles. The highest BCUT2D eigenvalue weighted by molar-refractivity contribution is 5.14. The molecule has 0 aliphatic carbocycles. The molecule has 59 heavy (non-hydrogen) atoms. The molecule has 3 nitrogen and oxygen atoms in total. The molecule has 0 bridgehead atoms. The van der Waals surface area contributed by atoms with Crippen LogP contribution in [0.2, 0.25) is 0 Å². The maximum absolute atomic E-state index is 6.81. The summed E-state index contributed by atoms with van der Waals surface area (Å²) in [6, 6.07) is 21.1. The number of benzene rings is 2. The molecule has 0 heterocycles. The van der Waals surface area contributed by atoms with E-state index < -0.39 is 0 Å². The van der Waals surface area contributed by atoms with Crippen molar-refractivity contribution in [3.8, 4) is 0 Å². The zero-order valence-corrected chi connectivity index (χ0v) is 40.1. The summed E-state index contributed by atoms with van der Waals surface area (Å²) in [5, 5.41) is 0. The summed E-state index contributed by atoms with van der Waals surface area (Å²) >= 11 is 0. The molecule has 3 heteroatoms. The van der Waals surface area contributed by atoms with Crippen LogP contribution in [0.4, 0.5) is 0 Å². The van der Waals surface area contributed by atoms with Gasteiger partial charge in [0.1, 0.15) is 0 Å². The van der Waals surface area contributed by atoms with Crippen LogP contribution in [0.15, 0.2) is 60.7 Å². The van der Waals surface area contributed by atoms with E-state index in [9.17, 15) is 0 Å². The van der Waals surface area contributed by atoms with Crippen molar-refractivity contribution < 1.29 is 14.2 Å². The Morgan fingerprint density at radius 1 is 0.339 bits per heavy atom. The molecule has 0 saturated heterocycles. The van der Waals surface area contributed by atoms with Gasteiger partial charge in [-0.2, -0.15) is 0 Å². The Morgan fingerprint density at radius 2 is 0.627 bits per heavy atom. The van der Waals surface area contributed by atoms with E-state index in [2.05, 4.69) is 102 Å². The van der Waals surface area contributed by atoms with Gasteiger partial charge in [0.05, 0.1) is 13.2 Å². The number of rotatable bonds is 42. The molecule has 0 amide bonds. The second-order valence-corrected chi connectivity index (χ2v) is 19.3. The molecule has 0 N–H and O–H groups in total. The summed E-state index contributed by atoms with van der Waals surface area (Å²) in [6.45, 7) is 15.6. The number of unbranched alkanes of at least 4 members (excludes halogenated alkanes) is 18. The average Bonchev–Trinajstić information content (AvgIpc) is 3.23. The van der Waals surface area contributed by atoms with E-state index >= 15 is 0 Å². The summed E-state index contributed by atoms with van der Waals surface area (Å²) in [4.78, 5) is 0. The molecule has 0 radical (unpaired) electrons. The van der Waals surface area contributed by atoms with Gasteiger partial charge in [0.25, 0.3) is 0 Å². The Bertz CT molecular complexity index is 1050. The van der Waals surface area contributed by atoms with Gasteiger partial charge in [-0.3, -0.25) is 0 Å². The van der Waals surface area contributed by atoms with E-state index in [0.29, 0.717) is 13.2 Å². The van der Waals surface area contributed by atoms with E-state index in [0.717, 1.165) is 49.4 Å². The van der Waals surface area contributed by atoms with Gasteiger partial charge in [0, 0.05) is 0 Å². The van der Waals surface area contributed by atoms with Crippen LogP contribution in [0.1, 0.15) is 245 Å². The second kappa shape index (κ2) is 38.0. The zero-order valence-electron chi connectivity index (χ0n) is 40.1. The third-order valence-corrected chi connectivity index (χ3v) is 12.8. The monoisotopic (exact) mass is 819 g/mol. The third-order valence-electron chi connectivity index (χ3n) is 12.8. The van der Waals surface area contributed by atoms with Crippen LogP contribution in [0, 0.1) is 23.7 Å². The molecule has 0 fully saturated rings. The van der Waals surface area contributed by atoms with Gasteiger partial charge in [0.15, 0.2) is 12.6 Å². The molecule has 2 aromatic carbocycles. The van der Waals surface area contributed by atoms with Crippen molar-refractivity contribution >= 4 is 0 Å². The Kier molecular flexibility index (Phi) is 34.5. The van der Waals surface area contributed by atoms with Gasteiger partial charge in [-0.25, -0.2) is 0 Å². The minimum absolute atomic E-state index is 0.272. The van der Waals surface area contributed by atoms with Gasteiger partial charge >= 0.3 is 0 Å². The molecule has 6 unspecified atom stereocenters. The Balaban J connectivity index is 1.80. The van der Waals surface area contributed by atoms with Crippen LogP contribution in [-0.2, 0) is 27.4 Å². The van der Waals surface area contributed by atoms with Crippen LogP contribution in [0.3, 0.4) is 0 Å². The van der Waals surface area contributed by atoms with Gasteiger partial charge in [-0.1, -0.05) is 256 Å². The number of ether oxygens (including phenoxy) is 3. The maximum Gasteiger partial charge on any atom is 0.161 e. The van der Waals surface area contributed by atoms with Crippen LogP contribution in [0.5, 0.6) is 0 Å². The second-order valence-electron chi connectivity index (χ2n) is 19.3. The van der Waals surface area contributed by atoms with E-state index in [-0.39, 0.29) is 12.6 Å². The minimum Gasteiger partial charge on any atom is -0.348 e. The fraction of sp³-hybridized carbons (Fsp3) is 0.786. The first kappa shape index (κ1) is 53.5. The van der Waals surface area contributed by atoms with E-state index in [1.54, 1.807) is 0 Å². The van der Waals surface area contributed by atoms with Crippen molar-refractivity contribution in [1.82, 2.24) is 0 Å². The fourth-order valence-electron chi connectivity index (χ4n) is 9.15. The summed E-state index contributed by atoms with van der Waals surface area (Å²) in [6.07, 6.45) is 39.7. The lowest BCUT2D eigenvalue weighted by Gasteiger charge is -2.27. The highest BCUT2D eigenvalue weighted by atomic mass is 16.8. The summed E-state index contributed by atoms with van der Waals surface area (Å²) in [7, 11) is 0. The molecule has 2 aromatic rings. The Morgan fingerprint density at radius 3 is 0.949 bits per heavy atom. The lowest BCUT2D eigenvalue weighted by molar-refractivity contribution is -0.257. The van der Waals surface area contributed by atoms with Crippen LogP contribution in [-0.4, -0.2) is 12.6 Å². The molecule has 6 atom stereocenters. The number of hydrogen-bond acceptors (Lipinski definition) is 3. The predicted molar refractivity (Wildman–Crippen MR) is 258 cm³/mol. The Labute approximate surface area is 368 Å². The average molecular weight is 819 g/mol. The highest BCUT2D eigenvalue weighted by Crippen LogP contribution is 2.27. The van der Waals surface area contributed by atoms with E-state index in [1.165, 1.54) is 178 Å². The molecule has 0 spiro atoms. The molecular weight excluding hydrogens is 721 g/mol. The first-order valence-corrected chi connectivity index (χ1v) is 25.9. The van der Waals surface area contributed by atoms with Crippen LogP contribution in [0.25, 0.3) is 0 Å². The SMILES string of the molecule is CCCCCCCCCCCCC(C)CC(C)CCCC(OCc1ccccc1)OC(CCCC(C)CC(C)CCCCCCCCCCCC)OCc1ccccc1. The van der Waals surface area contributed by atoms with Gasteiger partial charge in [0.2, 0.25) is 0 Å². The Hall–Kier alpha value is -1.68. The zero-order chi connectivity index (χ0) is 42.4. The first-order valence-electron chi connectivity index (χ1n) is 25.9. The molecule has 0 aliphatic rings. The largest absolute Gasteiger partial charge is 0.348 e. The number of hydrogen-bond donors (Lipinski definition) is 0. The van der Waals surface area contributed by atoms with Crippen molar-refractivity contribution in [1.29, 1.82) is 0 Å². The first-order chi connectivity index (χ1) is 28.9. The van der Waals surface area contributed by atoms with Crippen molar-refractivity contribution in [3.05, 3.63) is 71.8 Å². The quantitative estimate of drug-likeness (QED) is 0.0493. The molecule has 0 saturated carbocycles. The normalized spacial score (nSPS) is 14.9. The summed E-state index contributed by atoms with van der Waals surface area (Å²) < 4.78 is 19.9. The fourth-order valence-corrected chi connectivity index (χ4v) is 9.15. The van der Waals surface area contributed by atoms with Crippen LogP contribution >= 0.6 is 0 Å². The molecular formula is C56H98O3. The topological polar surface area (TPSA) is 27.7 Å². The van der Waals surface area contributed by atoms with Crippen molar-refractivity contribution in [2.75, 3.05) is 0 Å². The lowest BCUT2D eigenvalue weighted by atomic mass is 9.89. The predicted octanol–water partition coefficient (Wildman–Crippen LogP) is 18.4. The van der Waals surface area contributed by atoms with E-state index in [1.807, 2.05) is 0 Å². The molecule has 340 valence electrons. The molecule has 2 rings (SSSR count). The maximum atomic E-state index is 6.81. The summed E-state index contributed by atoms with van der Waals surface area (Å²) in [5.74, 6) is 3.06. The van der Waals surface area contributed by atoms with Crippen molar-refractivity contribution in [2.24, 2.45) is 23.7 Å². The molecule has 0 aliphatic heterocycles. The van der Waals surface area contributed by atoms with Crippen LogP contribution < -0.4 is 0 Å². The van der Waals surface area contributed by atoms with Crippen molar-refractivity contribution in [3.63, 3.8) is 0 Å². The smallest absolute Gasteiger partial charge is 0.161 e.